The summed E-state index contributed by atoms with van der Waals surface area (Å²) in [6.45, 7) is 3.82. The summed E-state index contributed by atoms with van der Waals surface area (Å²) in [5.74, 6) is 1.32. The van der Waals surface area contributed by atoms with Crippen LogP contribution in [0.1, 0.15) is 38.2 Å². The van der Waals surface area contributed by atoms with Crippen LogP contribution in [0.4, 0.5) is 5.95 Å². The second-order valence-electron chi connectivity index (χ2n) is 7.56. The van der Waals surface area contributed by atoms with Crippen molar-refractivity contribution in [2.45, 2.75) is 44.1 Å². The number of benzene rings is 1. The first-order valence-corrected chi connectivity index (χ1v) is 9.50. The largest absolute Gasteiger partial charge is 0.351 e. The Morgan fingerprint density at radius 2 is 2.12 bits per heavy atom. The number of nitrogens with one attached hydrogen (secondary N) is 2. The topological polar surface area (TPSA) is 86.8 Å². The molecule has 1 aliphatic heterocycles. The minimum absolute atomic E-state index is 0.0786. The number of tetrazole rings is 1. The first kappa shape index (κ1) is 17.3. The van der Waals surface area contributed by atoms with E-state index in [1.807, 2.05) is 24.3 Å². The minimum atomic E-state index is -0.390. The zero-order valence-corrected chi connectivity index (χ0v) is 15.5. The van der Waals surface area contributed by atoms with E-state index in [4.69, 9.17) is 11.6 Å². The smallest absolute Gasteiger partial charge is 0.242 e. The number of hydrogen-bond donors (Lipinski definition) is 2. The van der Waals surface area contributed by atoms with Crippen molar-refractivity contribution in [2.24, 2.45) is 5.92 Å². The molecule has 1 aromatic carbocycles. The molecular weight excluding hydrogens is 352 g/mol. The molecule has 8 heteroatoms. The molecule has 1 aromatic heterocycles. The highest BCUT2D eigenvalue weighted by Gasteiger charge is 2.51. The van der Waals surface area contributed by atoms with Gasteiger partial charge < -0.3 is 10.2 Å². The van der Waals surface area contributed by atoms with Crippen molar-refractivity contribution in [2.75, 3.05) is 18.0 Å². The standard InChI is InChI=1S/C18H23ClN6O/c1-12-6-9-25(17-21-23-24-22-17)11-15(10-12)20-16(26)18(7-8-18)13-2-4-14(19)5-3-13/h2-5,12,15H,6-11H2,1H3,(H,20,26)(H,21,22,23,24). The molecule has 1 amide bonds. The number of carbonyl (C=O) groups is 1. The number of aromatic amines is 1. The van der Waals surface area contributed by atoms with Crippen molar-refractivity contribution >= 4 is 23.5 Å². The molecule has 0 radical (unpaired) electrons. The zero-order chi connectivity index (χ0) is 18.1. The van der Waals surface area contributed by atoms with E-state index in [9.17, 15) is 4.79 Å². The maximum absolute atomic E-state index is 13.1. The van der Waals surface area contributed by atoms with Gasteiger partial charge in [-0.3, -0.25) is 4.79 Å². The Morgan fingerprint density at radius 1 is 1.35 bits per heavy atom. The van der Waals surface area contributed by atoms with E-state index >= 15 is 0 Å². The highest BCUT2D eigenvalue weighted by Crippen LogP contribution is 2.48. The Labute approximate surface area is 157 Å². The summed E-state index contributed by atoms with van der Waals surface area (Å²) in [5.41, 5.74) is 0.663. The fourth-order valence-corrected chi connectivity index (χ4v) is 3.99. The third-order valence-electron chi connectivity index (χ3n) is 5.57. The van der Waals surface area contributed by atoms with Crippen molar-refractivity contribution in [3.63, 3.8) is 0 Å². The maximum Gasteiger partial charge on any atom is 0.242 e. The van der Waals surface area contributed by atoms with Crippen LogP contribution in [0.3, 0.4) is 0 Å². The Bertz CT molecular complexity index is 758. The van der Waals surface area contributed by atoms with E-state index in [1.54, 1.807) is 0 Å². The first-order valence-electron chi connectivity index (χ1n) is 9.12. The van der Waals surface area contributed by atoms with E-state index < -0.39 is 5.41 Å². The summed E-state index contributed by atoms with van der Waals surface area (Å²) in [6, 6.07) is 7.73. The van der Waals surface area contributed by atoms with Gasteiger partial charge in [-0.2, -0.15) is 0 Å². The number of amides is 1. The molecule has 2 heterocycles. The monoisotopic (exact) mass is 374 g/mol. The second kappa shape index (κ2) is 6.87. The molecule has 2 N–H and O–H groups in total. The third kappa shape index (κ3) is 3.40. The molecule has 1 saturated heterocycles. The maximum atomic E-state index is 13.1. The normalized spacial score (nSPS) is 24.8. The number of hydrogen-bond acceptors (Lipinski definition) is 5. The van der Waals surface area contributed by atoms with E-state index in [0.717, 1.165) is 37.8 Å². The molecule has 0 bridgehead atoms. The van der Waals surface area contributed by atoms with Crippen LogP contribution in [0.5, 0.6) is 0 Å². The average molecular weight is 375 g/mol. The Hall–Kier alpha value is -2.15. The molecular formula is C18H23ClN6O. The van der Waals surface area contributed by atoms with Crippen LogP contribution in [-0.4, -0.2) is 45.7 Å². The average Bonchev–Trinajstić information content (AvgIpc) is 3.30. The van der Waals surface area contributed by atoms with E-state index in [0.29, 0.717) is 23.4 Å². The molecule has 138 valence electrons. The van der Waals surface area contributed by atoms with E-state index in [-0.39, 0.29) is 11.9 Å². The van der Waals surface area contributed by atoms with Gasteiger partial charge in [-0.1, -0.05) is 35.8 Å². The molecule has 1 aliphatic carbocycles. The molecule has 2 aliphatic rings. The van der Waals surface area contributed by atoms with Gasteiger partial charge >= 0.3 is 0 Å². The molecule has 26 heavy (non-hydrogen) atoms. The summed E-state index contributed by atoms with van der Waals surface area (Å²) in [4.78, 5) is 15.2. The highest BCUT2D eigenvalue weighted by molar-refractivity contribution is 6.30. The van der Waals surface area contributed by atoms with Crippen LogP contribution in [-0.2, 0) is 10.2 Å². The van der Waals surface area contributed by atoms with E-state index in [2.05, 4.69) is 37.8 Å². The Balaban J connectivity index is 1.48. The van der Waals surface area contributed by atoms with Crippen molar-refractivity contribution < 1.29 is 4.79 Å². The van der Waals surface area contributed by atoms with Gasteiger partial charge in [-0.25, -0.2) is 5.10 Å². The van der Waals surface area contributed by atoms with Gasteiger partial charge in [0.05, 0.1) is 5.41 Å². The lowest BCUT2D eigenvalue weighted by Crippen LogP contribution is -2.47. The molecule has 1 saturated carbocycles. The van der Waals surface area contributed by atoms with Crippen molar-refractivity contribution in [3.8, 4) is 0 Å². The number of halogens is 1. The van der Waals surface area contributed by atoms with Crippen LogP contribution in [0.15, 0.2) is 24.3 Å². The van der Waals surface area contributed by atoms with Crippen LogP contribution < -0.4 is 10.2 Å². The van der Waals surface area contributed by atoms with Crippen LogP contribution >= 0.6 is 11.6 Å². The van der Waals surface area contributed by atoms with Gasteiger partial charge in [0.25, 0.3) is 0 Å². The van der Waals surface area contributed by atoms with Gasteiger partial charge in [0.2, 0.25) is 11.9 Å². The van der Waals surface area contributed by atoms with E-state index in [1.165, 1.54) is 0 Å². The van der Waals surface area contributed by atoms with Crippen molar-refractivity contribution in [1.82, 2.24) is 25.9 Å². The number of anilines is 1. The predicted molar refractivity (Wildman–Crippen MR) is 99.1 cm³/mol. The molecule has 4 rings (SSSR count). The lowest BCUT2D eigenvalue weighted by molar-refractivity contribution is -0.124. The van der Waals surface area contributed by atoms with Crippen molar-refractivity contribution in [1.29, 1.82) is 0 Å². The van der Waals surface area contributed by atoms with Gasteiger partial charge in [-0.15, -0.1) is 0 Å². The number of rotatable bonds is 4. The SMILES string of the molecule is CC1CCN(c2nnn[nH]2)CC(NC(=O)C2(c3ccc(Cl)cc3)CC2)C1. The van der Waals surface area contributed by atoms with Gasteiger partial charge in [-0.05, 0) is 59.7 Å². The van der Waals surface area contributed by atoms with Crippen LogP contribution in [0, 0.1) is 5.92 Å². The summed E-state index contributed by atoms with van der Waals surface area (Å²) in [5, 5.41) is 18.2. The summed E-state index contributed by atoms with van der Waals surface area (Å²) >= 11 is 5.99. The fraction of sp³-hybridized carbons (Fsp3) is 0.556. The zero-order valence-electron chi connectivity index (χ0n) is 14.8. The van der Waals surface area contributed by atoms with Crippen molar-refractivity contribution in [3.05, 3.63) is 34.9 Å². The number of H-pyrrole nitrogens is 1. The minimum Gasteiger partial charge on any atom is -0.351 e. The van der Waals surface area contributed by atoms with Crippen LogP contribution in [0.25, 0.3) is 0 Å². The summed E-state index contributed by atoms with van der Waals surface area (Å²) in [7, 11) is 0. The fourth-order valence-electron chi connectivity index (χ4n) is 3.86. The number of carbonyl (C=O) groups excluding carboxylic acids is 1. The molecule has 2 aromatic rings. The first-order chi connectivity index (χ1) is 12.6. The lowest BCUT2D eigenvalue weighted by Gasteiger charge is -2.26. The van der Waals surface area contributed by atoms with Gasteiger partial charge in [0.1, 0.15) is 0 Å². The third-order valence-corrected chi connectivity index (χ3v) is 5.82. The Kier molecular flexibility index (Phi) is 4.56. The predicted octanol–water partition coefficient (Wildman–Crippen LogP) is 2.31. The molecule has 0 spiro atoms. The molecule has 7 nitrogen and oxygen atoms in total. The molecule has 2 fully saturated rings. The summed E-state index contributed by atoms with van der Waals surface area (Å²) < 4.78 is 0. The number of nitrogens with zero attached hydrogens (tertiary/aromatic N) is 4. The molecule has 2 unspecified atom stereocenters. The summed E-state index contributed by atoms with van der Waals surface area (Å²) in [6.07, 6.45) is 3.78. The highest BCUT2D eigenvalue weighted by atomic mass is 35.5. The van der Waals surface area contributed by atoms with Crippen LogP contribution in [0.2, 0.25) is 5.02 Å². The van der Waals surface area contributed by atoms with Gasteiger partial charge in [0.15, 0.2) is 0 Å². The van der Waals surface area contributed by atoms with Gasteiger partial charge in [0, 0.05) is 24.2 Å². The lowest BCUT2D eigenvalue weighted by atomic mass is 9.93. The molecule has 2 atom stereocenters. The number of aromatic nitrogens is 4. The quantitative estimate of drug-likeness (QED) is 0.857. The Morgan fingerprint density at radius 3 is 2.77 bits per heavy atom. The second-order valence-corrected chi connectivity index (χ2v) is 8.00.